The first kappa shape index (κ1) is 19.6. The molecule has 1 aromatic carbocycles. The number of aromatic nitrogens is 4. The molecule has 2 bridgehead atoms. The first-order valence-electron chi connectivity index (χ1n) is 12.0. The fourth-order valence-electron chi connectivity index (χ4n) is 6.14. The standard InChI is InChI=1S/C24H28N6O2S/c1-14-9-21(33-28-14)29-11-16-4-5-17(12-29)22(16)25-24-26-23-18(3-2-8-30(23)27-24)15-6-7-19-20(10-15)32-13-31-19/h6-7,9-10,16-18,22H,2-5,8,11-13H2,1H3,(H,25,27)/t16-,17+,18?,22?. The molecule has 5 heterocycles. The Balaban J connectivity index is 1.11. The number of anilines is 2. The van der Waals surface area contributed by atoms with Crippen molar-refractivity contribution < 1.29 is 9.47 Å². The molecule has 0 amide bonds. The van der Waals surface area contributed by atoms with Gasteiger partial charge in [0.2, 0.25) is 12.7 Å². The van der Waals surface area contributed by atoms with Gasteiger partial charge >= 0.3 is 0 Å². The van der Waals surface area contributed by atoms with Gasteiger partial charge in [-0.25, -0.2) is 4.68 Å². The van der Waals surface area contributed by atoms with Gasteiger partial charge in [-0.15, -0.1) is 5.10 Å². The summed E-state index contributed by atoms with van der Waals surface area (Å²) in [7, 11) is 0. The van der Waals surface area contributed by atoms with Crippen LogP contribution in [0.25, 0.3) is 0 Å². The number of hydrogen-bond donors (Lipinski definition) is 1. The van der Waals surface area contributed by atoms with Crippen LogP contribution in [0.5, 0.6) is 11.5 Å². The second kappa shape index (κ2) is 7.62. The van der Waals surface area contributed by atoms with Crippen LogP contribution in [0, 0.1) is 18.8 Å². The lowest BCUT2D eigenvalue weighted by Crippen LogP contribution is -2.48. The van der Waals surface area contributed by atoms with Gasteiger partial charge in [-0.05, 0) is 79.7 Å². The summed E-state index contributed by atoms with van der Waals surface area (Å²) in [5.74, 6) is 5.00. The van der Waals surface area contributed by atoms with Crippen molar-refractivity contribution in [3.8, 4) is 11.5 Å². The molecule has 7 rings (SSSR count). The smallest absolute Gasteiger partial charge is 0.242 e. The number of fused-ring (bicyclic) bond motifs is 4. The van der Waals surface area contributed by atoms with E-state index in [-0.39, 0.29) is 5.92 Å². The molecule has 4 atom stereocenters. The predicted molar refractivity (Wildman–Crippen MR) is 126 cm³/mol. The van der Waals surface area contributed by atoms with Crippen LogP contribution in [0.15, 0.2) is 24.3 Å². The molecule has 4 aliphatic rings. The number of nitrogens with one attached hydrogen (secondary N) is 1. The molecule has 0 radical (unpaired) electrons. The first-order chi connectivity index (χ1) is 16.2. The summed E-state index contributed by atoms with van der Waals surface area (Å²) in [6.45, 7) is 5.48. The second-order valence-corrected chi connectivity index (χ2v) is 10.6. The van der Waals surface area contributed by atoms with E-state index in [9.17, 15) is 0 Å². The topological polar surface area (TPSA) is 77.3 Å². The molecule has 3 aliphatic heterocycles. The Kier molecular flexibility index (Phi) is 4.53. The Morgan fingerprint density at radius 3 is 2.73 bits per heavy atom. The minimum absolute atomic E-state index is 0.240. The van der Waals surface area contributed by atoms with E-state index < -0.39 is 0 Å². The quantitative estimate of drug-likeness (QED) is 0.625. The summed E-state index contributed by atoms with van der Waals surface area (Å²) in [6, 6.07) is 8.94. The molecule has 9 heteroatoms. The fourth-order valence-corrected chi connectivity index (χ4v) is 6.92. The van der Waals surface area contributed by atoms with E-state index in [4.69, 9.17) is 19.6 Å². The number of ether oxygens (including phenoxy) is 2. The number of aryl methyl sites for hydroxylation is 2. The zero-order valence-electron chi connectivity index (χ0n) is 18.7. The number of hydrogen-bond acceptors (Lipinski definition) is 8. The van der Waals surface area contributed by atoms with E-state index in [2.05, 4.69) is 44.4 Å². The van der Waals surface area contributed by atoms with Crippen molar-refractivity contribution in [1.82, 2.24) is 19.1 Å². The van der Waals surface area contributed by atoms with E-state index >= 15 is 0 Å². The summed E-state index contributed by atoms with van der Waals surface area (Å²) in [4.78, 5) is 7.55. The molecule has 8 nitrogen and oxygen atoms in total. The Morgan fingerprint density at radius 2 is 1.91 bits per heavy atom. The van der Waals surface area contributed by atoms with Crippen molar-refractivity contribution in [3.05, 3.63) is 41.3 Å². The van der Waals surface area contributed by atoms with Gasteiger partial charge in [0.05, 0.1) is 5.69 Å². The van der Waals surface area contributed by atoms with Crippen LogP contribution in [0.4, 0.5) is 10.9 Å². The molecule has 0 spiro atoms. The third-order valence-corrected chi connectivity index (χ3v) is 8.67. The van der Waals surface area contributed by atoms with Gasteiger partial charge in [0.15, 0.2) is 11.5 Å². The number of benzene rings is 1. The van der Waals surface area contributed by atoms with Crippen LogP contribution in [0.3, 0.4) is 0 Å². The van der Waals surface area contributed by atoms with E-state index in [1.807, 2.05) is 6.07 Å². The monoisotopic (exact) mass is 464 g/mol. The lowest BCUT2D eigenvalue weighted by atomic mass is 9.91. The van der Waals surface area contributed by atoms with Gasteiger partial charge in [0, 0.05) is 31.6 Å². The van der Waals surface area contributed by atoms with Gasteiger partial charge < -0.3 is 19.7 Å². The highest BCUT2D eigenvalue weighted by Crippen LogP contribution is 2.42. The minimum atomic E-state index is 0.240. The summed E-state index contributed by atoms with van der Waals surface area (Å²) < 4.78 is 17.7. The van der Waals surface area contributed by atoms with Crippen molar-refractivity contribution in [1.29, 1.82) is 0 Å². The number of nitrogens with zero attached hydrogens (tertiary/aromatic N) is 5. The van der Waals surface area contributed by atoms with E-state index in [1.165, 1.54) is 23.4 Å². The second-order valence-electron chi connectivity index (χ2n) is 9.80. The predicted octanol–water partition coefficient (Wildman–Crippen LogP) is 4.02. The molecule has 172 valence electrons. The molecular weight excluding hydrogens is 436 g/mol. The van der Waals surface area contributed by atoms with Gasteiger partial charge in [-0.1, -0.05) is 6.07 Å². The minimum Gasteiger partial charge on any atom is -0.454 e. The average molecular weight is 465 g/mol. The van der Waals surface area contributed by atoms with E-state index in [0.717, 1.165) is 61.4 Å². The Hall–Kier alpha value is -2.81. The summed E-state index contributed by atoms with van der Waals surface area (Å²) >= 11 is 1.63. The highest BCUT2D eigenvalue weighted by Gasteiger charge is 2.43. The van der Waals surface area contributed by atoms with E-state index in [1.54, 1.807) is 11.5 Å². The molecule has 1 saturated heterocycles. The zero-order valence-corrected chi connectivity index (χ0v) is 19.6. The molecule has 2 unspecified atom stereocenters. The molecule has 3 aromatic rings. The fraction of sp³-hybridized carbons (Fsp3) is 0.542. The first-order valence-corrected chi connectivity index (χ1v) is 12.8. The Labute approximate surface area is 197 Å². The molecule has 33 heavy (non-hydrogen) atoms. The number of piperidine rings is 1. The molecule has 1 aliphatic carbocycles. The normalized spacial score (nSPS) is 27.6. The van der Waals surface area contributed by atoms with Gasteiger partial charge in [-0.3, -0.25) is 0 Å². The van der Waals surface area contributed by atoms with Gasteiger partial charge in [0.25, 0.3) is 0 Å². The largest absolute Gasteiger partial charge is 0.454 e. The summed E-state index contributed by atoms with van der Waals surface area (Å²) in [5, 5.41) is 9.96. The van der Waals surface area contributed by atoms with Crippen LogP contribution in [0.1, 0.15) is 48.7 Å². The highest BCUT2D eigenvalue weighted by atomic mass is 32.1. The van der Waals surface area contributed by atoms with Crippen LogP contribution in [-0.2, 0) is 6.54 Å². The summed E-state index contributed by atoms with van der Waals surface area (Å²) in [6.07, 6.45) is 4.72. The third-order valence-electron chi connectivity index (χ3n) is 7.73. The SMILES string of the molecule is Cc1cc(N2C[C@H]3CC[C@@H](C2)C3Nc2nc3n(n2)CCCC3c2ccc3c(c2)OCO3)sn1. The van der Waals surface area contributed by atoms with Crippen molar-refractivity contribution in [2.45, 2.75) is 51.1 Å². The maximum Gasteiger partial charge on any atom is 0.242 e. The molecule has 1 saturated carbocycles. The van der Waals surface area contributed by atoms with Crippen molar-refractivity contribution >= 4 is 22.5 Å². The lowest BCUT2D eigenvalue weighted by Gasteiger charge is -2.38. The number of rotatable bonds is 4. The van der Waals surface area contributed by atoms with Crippen molar-refractivity contribution in [3.63, 3.8) is 0 Å². The van der Waals surface area contributed by atoms with Gasteiger partial charge in [-0.2, -0.15) is 9.36 Å². The zero-order chi connectivity index (χ0) is 21.9. The maximum atomic E-state index is 5.61. The Morgan fingerprint density at radius 1 is 1.06 bits per heavy atom. The van der Waals surface area contributed by atoms with Crippen LogP contribution in [0.2, 0.25) is 0 Å². The van der Waals surface area contributed by atoms with Crippen LogP contribution in [-0.4, -0.2) is 45.1 Å². The third kappa shape index (κ3) is 3.36. The van der Waals surface area contributed by atoms with Crippen LogP contribution >= 0.6 is 11.5 Å². The molecular formula is C24H28N6O2S. The maximum absolute atomic E-state index is 5.61. The van der Waals surface area contributed by atoms with Crippen molar-refractivity contribution in [2.24, 2.45) is 11.8 Å². The van der Waals surface area contributed by atoms with E-state index in [0.29, 0.717) is 24.7 Å². The molecule has 1 N–H and O–H groups in total. The lowest BCUT2D eigenvalue weighted by molar-refractivity contribution is 0.174. The van der Waals surface area contributed by atoms with Crippen LogP contribution < -0.4 is 19.7 Å². The highest BCUT2D eigenvalue weighted by molar-refractivity contribution is 7.10. The molecule has 2 fully saturated rings. The molecule has 2 aromatic heterocycles. The van der Waals surface area contributed by atoms with Crippen molar-refractivity contribution in [2.75, 3.05) is 30.1 Å². The Bertz CT molecular complexity index is 1180. The summed E-state index contributed by atoms with van der Waals surface area (Å²) in [5.41, 5.74) is 2.35. The van der Waals surface area contributed by atoms with Gasteiger partial charge in [0.1, 0.15) is 10.8 Å². The average Bonchev–Trinajstić information content (AvgIpc) is 3.59.